The van der Waals surface area contributed by atoms with Crippen LogP contribution in [0.4, 0.5) is 0 Å². The highest BCUT2D eigenvalue weighted by Gasteiger charge is 2.41. The van der Waals surface area contributed by atoms with Gasteiger partial charge in [-0.25, -0.2) is 21.6 Å². The van der Waals surface area contributed by atoms with Crippen molar-refractivity contribution >= 4 is 56.0 Å². The number of rotatable bonds is 6. The molecule has 0 atom stereocenters. The molecule has 0 aromatic heterocycles. The Morgan fingerprint density at radius 2 is 1.88 bits per heavy atom. The number of piperidine rings is 1. The smallest absolute Gasteiger partial charge is 0.243 e. The van der Waals surface area contributed by atoms with Crippen LogP contribution in [0.2, 0.25) is 5.02 Å². The van der Waals surface area contributed by atoms with Crippen LogP contribution < -0.4 is 14.8 Å². The lowest BCUT2D eigenvalue weighted by Gasteiger charge is -2.43. The summed E-state index contributed by atoms with van der Waals surface area (Å²) in [5.74, 6) is 0.149. The standard InChI is InChI=1S/C20H27ClN4O6S2.ClH/c1-32(27,28)23-20(4-6-22-7-5-20)14-24-8-9-25(12-19(24)26)33(29,30)17-10-15-2-3-16(21)11-18(15)31-13-17;/h2-3,10-11,22-23H,4-9,12-14H2,1H3;1H. The Morgan fingerprint density at radius 1 is 1.18 bits per heavy atom. The highest BCUT2D eigenvalue weighted by Crippen LogP contribution is 2.32. The summed E-state index contributed by atoms with van der Waals surface area (Å²) in [6.07, 6.45) is 3.73. The molecule has 34 heavy (non-hydrogen) atoms. The first-order chi connectivity index (χ1) is 15.5. The Kier molecular flexibility index (Phi) is 8.23. The third kappa shape index (κ3) is 6.04. The van der Waals surface area contributed by atoms with Crippen LogP contribution in [0.25, 0.3) is 6.08 Å². The molecule has 3 heterocycles. The monoisotopic (exact) mass is 554 g/mol. The van der Waals surface area contributed by atoms with E-state index in [1.807, 2.05) is 0 Å². The molecule has 0 spiro atoms. The number of benzene rings is 1. The van der Waals surface area contributed by atoms with E-state index in [1.165, 1.54) is 0 Å². The third-order valence-electron chi connectivity index (χ3n) is 6.07. The topological polar surface area (TPSA) is 125 Å². The lowest BCUT2D eigenvalue weighted by Crippen LogP contribution is -2.63. The van der Waals surface area contributed by atoms with Crippen molar-refractivity contribution < 1.29 is 26.4 Å². The van der Waals surface area contributed by atoms with Gasteiger partial charge in [0.05, 0.1) is 23.2 Å². The van der Waals surface area contributed by atoms with Crippen molar-refractivity contribution in [1.29, 1.82) is 0 Å². The zero-order valence-electron chi connectivity index (χ0n) is 18.6. The Balaban J connectivity index is 0.00000324. The first kappa shape index (κ1) is 27.2. The lowest BCUT2D eigenvalue weighted by molar-refractivity contribution is -0.135. The van der Waals surface area contributed by atoms with Gasteiger partial charge in [0.15, 0.2) is 0 Å². The fourth-order valence-corrected chi connectivity index (χ4v) is 7.08. The largest absolute Gasteiger partial charge is 0.487 e. The van der Waals surface area contributed by atoms with E-state index < -0.39 is 25.6 Å². The van der Waals surface area contributed by atoms with Crippen LogP contribution in [0.1, 0.15) is 18.4 Å². The number of hydrogen-bond donors (Lipinski definition) is 2. The zero-order chi connectivity index (χ0) is 23.9. The maximum Gasteiger partial charge on any atom is 0.243 e. The summed E-state index contributed by atoms with van der Waals surface area (Å²) in [6.45, 7) is 1.32. The number of amides is 1. The van der Waals surface area contributed by atoms with E-state index in [9.17, 15) is 21.6 Å². The SMILES string of the molecule is CS(=O)(=O)NC1(CN2CCN(S(=O)(=O)C3=Cc4ccc(Cl)cc4OC3)CC2=O)CCNCC1.Cl. The van der Waals surface area contributed by atoms with Gasteiger partial charge in [0, 0.05) is 30.2 Å². The van der Waals surface area contributed by atoms with Gasteiger partial charge in [-0.1, -0.05) is 11.6 Å². The number of sulfonamides is 2. The summed E-state index contributed by atoms with van der Waals surface area (Å²) in [7, 11) is -7.38. The van der Waals surface area contributed by atoms with Crippen molar-refractivity contribution in [2.24, 2.45) is 0 Å². The van der Waals surface area contributed by atoms with E-state index in [4.69, 9.17) is 16.3 Å². The molecule has 0 saturated carbocycles. The van der Waals surface area contributed by atoms with Crippen molar-refractivity contribution in [2.45, 2.75) is 18.4 Å². The van der Waals surface area contributed by atoms with Crippen LogP contribution in [0.5, 0.6) is 5.75 Å². The Bertz CT molecular complexity index is 1180. The molecule has 1 amide bonds. The van der Waals surface area contributed by atoms with E-state index in [2.05, 4.69) is 10.0 Å². The van der Waals surface area contributed by atoms with Crippen molar-refractivity contribution in [2.75, 3.05) is 52.1 Å². The third-order valence-corrected chi connectivity index (χ3v) is 9.00. The van der Waals surface area contributed by atoms with Crippen LogP contribution >= 0.6 is 24.0 Å². The molecule has 2 fully saturated rings. The van der Waals surface area contributed by atoms with Gasteiger partial charge in [0.2, 0.25) is 26.0 Å². The number of nitrogens with zero attached hydrogens (tertiary/aromatic N) is 2. The van der Waals surface area contributed by atoms with Gasteiger partial charge < -0.3 is 15.0 Å². The molecular formula is C20H28Cl2N4O6S2. The van der Waals surface area contributed by atoms with Crippen molar-refractivity contribution in [3.05, 3.63) is 33.7 Å². The van der Waals surface area contributed by atoms with Crippen molar-refractivity contribution in [3.63, 3.8) is 0 Å². The number of nitrogens with one attached hydrogen (secondary N) is 2. The Labute approximate surface area is 211 Å². The number of fused-ring (bicyclic) bond motifs is 1. The molecule has 1 aromatic rings. The van der Waals surface area contributed by atoms with Gasteiger partial charge in [0.1, 0.15) is 12.4 Å². The molecule has 14 heteroatoms. The first-order valence-corrected chi connectivity index (χ1v) is 14.3. The molecule has 2 saturated heterocycles. The number of ether oxygens (including phenoxy) is 1. The van der Waals surface area contributed by atoms with Crippen molar-refractivity contribution in [3.8, 4) is 5.75 Å². The van der Waals surface area contributed by atoms with Gasteiger partial charge in [-0.2, -0.15) is 4.31 Å². The van der Waals surface area contributed by atoms with Gasteiger partial charge in [0.25, 0.3) is 0 Å². The second-order valence-electron chi connectivity index (χ2n) is 8.64. The molecule has 0 unspecified atom stereocenters. The fraction of sp³-hybridized carbons (Fsp3) is 0.550. The molecule has 10 nitrogen and oxygen atoms in total. The molecule has 4 rings (SSSR count). The molecule has 2 N–H and O–H groups in total. The van der Waals surface area contributed by atoms with E-state index in [-0.39, 0.29) is 56.0 Å². The van der Waals surface area contributed by atoms with Gasteiger partial charge in [-0.3, -0.25) is 4.79 Å². The Morgan fingerprint density at radius 3 is 2.53 bits per heavy atom. The average Bonchev–Trinajstić information content (AvgIpc) is 2.74. The summed E-state index contributed by atoms with van der Waals surface area (Å²) in [6, 6.07) is 4.96. The maximum absolute atomic E-state index is 13.2. The summed E-state index contributed by atoms with van der Waals surface area (Å²) in [5.41, 5.74) is -0.158. The van der Waals surface area contributed by atoms with Crippen LogP contribution in [-0.2, 0) is 24.8 Å². The van der Waals surface area contributed by atoms with E-state index in [0.717, 1.165) is 10.6 Å². The Hall–Kier alpha value is -1.41. The second-order valence-corrected chi connectivity index (χ2v) is 12.8. The summed E-state index contributed by atoms with van der Waals surface area (Å²) < 4.78 is 59.7. The quantitative estimate of drug-likeness (QED) is 0.528. The van der Waals surface area contributed by atoms with Crippen molar-refractivity contribution in [1.82, 2.24) is 19.2 Å². The average molecular weight is 556 g/mol. The highest BCUT2D eigenvalue weighted by atomic mass is 35.5. The summed E-state index contributed by atoms with van der Waals surface area (Å²) in [4.78, 5) is 14.5. The molecule has 0 radical (unpaired) electrons. The highest BCUT2D eigenvalue weighted by molar-refractivity contribution is 7.93. The van der Waals surface area contributed by atoms with Crippen LogP contribution in [0.15, 0.2) is 23.1 Å². The molecule has 3 aliphatic heterocycles. The first-order valence-electron chi connectivity index (χ1n) is 10.6. The van der Waals surface area contributed by atoms with Gasteiger partial charge >= 0.3 is 0 Å². The maximum atomic E-state index is 13.2. The van der Waals surface area contributed by atoms with E-state index >= 15 is 0 Å². The summed E-state index contributed by atoms with van der Waals surface area (Å²) in [5, 5.41) is 3.69. The van der Waals surface area contributed by atoms with Crippen LogP contribution in [-0.4, -0.2) is 89.6 Å². The number of hydrogen-bond acceptors (Lipinski definition) is 7. The molecule has 190 valence electrons. The van der Waals surface area contributed by atoms with E-state index in [1.54, 1.807) is 29.2 Å². The molecule has 1 aromatic carbocycles. The molecule has 0 bridgehead atoms. The number of piperazine rings is 1. The second kappa shape index (κ2) is 10.3. The fourth-order valence-electron chi connectivity index (χ4n) is 4.45. The predicted octanol–water partition coefficient (Wildman–Crippen LogP) is 0.641. The normalized spacial score (nSPS) is 21.2. The van der Waals surface area contributed by atoms with Gasteiger partial charge in [-0.15, -0.1) is 12.4 Å². The molecule has 0 aliphatic carbocycles. The predicted molar refractivity (Wildman–Crippen MR) is 132 cm³/mol. The van der Waals surface area contributed by atoms with Crippen LogP contribution in [0, 0.1) is 0 Å². The minimum Gasteiger partial charge on any atom is -0.487 e. The molecular weight excluding hydrogens is 527 g/mol. The van der Waals surface area contributed by atoms with Gasteiger partial charge in [-0.05, 0) is 50.2 Å². The number of carbonyl (C=O) groups excluding carboxylic acids is 1. The summed E-state index contributed by atoms with van der Waals surface area (Å²) >= 11 is 5.96. The lowest BCUT2D eigenvalue weighted by atomic mass is 9.88. The zero-order valence-corrected chi connectivity index (χ0v) is 21.8. The number of carbonyl (C=O) groups is 1. The minimum atomic E-state index is -3.90. The molecule has 3 aliphatic rings. The van der Waals surface area contributed by atoms with Crippen LogP contribution in [0.3, 0.4) is 0 Å². The number of halogens is 2. The van der Waals surface area contributed by atoms with E-state index in [0.29, 0.717) is 42.3 Å². The minimum absolute atomic E-state index is 0.